The third kappa shape index (κ3) is 3.27. The third-order valence-corrected chi connectivity index (χ3v) is 5.34. The van der Waals surface area contributed by atoms with Crippen molar-refractivity contribution in [2.45, 2.75) is 46.4 Å². The van der Waals surface area contributed by atoms with Gasteiger partial charge >= 0.3 is 5.97 Å². The molecule has 2 aliphatic rings. The van der Waals surface area contributed by atoms with Crippen LogP contribution >= 0.6 is 0 Å². The molecular weight excluding hydrogens is 445 g/mol. The van der Waals surface area contributed by atoms with E-state index in [4.69, 9.17) is 9.72 Å². The third-order valence-electron chi connectivity index (χ3n) is 5.34. The molecule has 29 heavy (non-hydrogen) atoms. The average Bonchev–Trinajstić information content (AvgIpc) is 3.09. The Morgan fingerprint density at radius 3 is 2.66 bits per heavy atom. The molecule has 0 amide bonds. The second-order valence-corrected chi connectivity index (χ2v) is 6.65. The summed E-state index contributed by atoms with van der Waals surface area (Å²) in [5, 5.41) is 11.3. The molecule has 7 heteroatoms. The van der Waals surface area contributed by atoms with Gasteiger partial charge in [0.2, 0.25) is 0 Å². The number of rotatable bonds is 1. The number of aryl methyl sites for hydroxylation is 1. The van der Waals surface area contributed by atoms with Crippen LogP contribution in [-0.4, -0.2) is 20.6 Å². The number of aliphatic hydroxyl groups excluding tert-OH is 1. The van der Waals surface area contributed by atoms with Crippen LogP contribution in [0, 0.1) is 0 Å². The van der Waals surface area contributed by atoms with E-state index in [9.17, 15) is 14.7 Å². The van der Waals surface area contributed by atoms with E-state index < -0.39 is 12.1 Å². The van der Waals surface area contributed by atoms with Gasteiger partial charge < -0.3 is 14.4 Å². The number of pyridine rings is 2. The van der Waals surface area contributed by atoms with E-state index in [0.717, 1.165) is 28.6 Å². The number of carbonyl (C=O) groups is 1. The van der Waals surface area contributed by atoms with Gasteiger partial charge in [-0.25, -0.2) is 9.78 Å². The van der Waals surface area contributed by atoms with Gasteiger partial charge in [-0.3, -0.25) is 4.79 Å². The molecule has 0 aliphatic carbocycles. The zero-order valence-electron chi connectivity index (χ0n) is 16.7. The standard InChI is InChI=1S/C20H16N2O4.C2H6.Y/c1-2-10-11-5-3-4-6-15(11)21-17-13(10)8-22-16(17)7-12-14(19(22)24)9-26-20(25)18(12)23;1-2;/h3-7,18,23H,2,8-9H2,1H3;1-2H3;. The van der Waals surface area contributed by atoms with E-state index in [1.54, 1.807) is 10.6 Å². The minimum Gasteiger partial charge on any atom is -0.458 e. The molecule has 0 fully saturated rings. The molecule has 1 atom stereocenters. The van der Waals surface area contributed by atoms with Crippen molar-refractivity contribution in [1.82, 2.24) is 9.55 Å². The van der Waals surface area contributed by atoms with Crippen LogP contribution in [0.2, 0.25) is 0 Å². The number of aliphatic hydroxyl groups is 1. The predicted octanol–water partition coefficient (Wildman–Crippen LogP) is 3.10. The smallest absolute Gasteiger partial charge is 0.340 e. The van der Waals surface area contributed by atoms with Crippen molar-refractivity contribution >= 4 is 16.9 Å². The van der Waals surface area contributed by atoms with Crippen LogP contribution in [0.5, 0.6) is 0 Å². The fourth-order valence-corrected chi connectivity index (χ4v) is 4.06. The fourth-order valence-electron chi connectivity index (χ4n) is 4.06. The molecule has 4 heterocycles. The van der Waals surface area contributed by atoms with E-state index >= 15 is 0 Å². The molecule has 0 spiro atoms. The summed E-state index contributed by atoms with van der Waals surface area (Å²) in [5.41, 5.74) is 4.95. The number of para-hydroxylation sites is 1. The summed E-state index contributed by atoms with van der Waals surface area (Å²) in [4.78, 5) is 29.4. The number of cyclic esters (lactones) is 1. The largest absolute Gasteiger partial charge is 0.458 e. The maximum Gasteiger partial charge on any atom is 0.340 e. The number of nitrogens with zero attached hydrogens (tertiary/aromatic N) is 2. The van der Waals surface area contributed by atoms with Gasteiger partial charge in [0.1, 0.15) is 6.61 Å². The monoisotopic (exact) mass is 467 g/mol. The van der Waals surface area contributed by atoms with Gasteiger partial charge in [0.05, 0.1) is 29.0 Å². The molecule has 6 nitrogen and oxygen atoms in total. The molecule has 1 radical (unpaired) electrons. The van der Waals surface area contributed by atoms with Gasteiger partial charge in [-0.1, -0.05) is 39.0 Å². The van der Waals surface area contributed by atoms with Crippen molar-refractivity contribution in [2.24, 2.45) is 0 Å². The van der Waals surface area contributed by atoms with Crippen LogP contribution in [0.15, 0.2) is 35.1 Å². The van der Waals surface area contributed by atoms with Gasteiger partial charge in [0.15, 0.2) is 6.10 Å². The summed E-state index contributed by atoms with van der Waals surface area (Å²) in [5.74, 6) is -0.721. The number of hydrogen-bond acceptors (Lipinski definition) is 5. The Balaban J connectivity index is 0.000000778. The Labute approximate surface area is 193 Å². The number of esters is 1. The summed E-state index contributed by atoms with van der Waals surface area (Å²) in [6.45, 7) is 6.44. The van der Waals surface area contributed by atoms with Crippen LogP contribution in [0.4, 0.5) is 0 Å². The van der Waals surface area contributed by atoms with Gasteiger partial charge in [0.25, 0.3) is 5.56 Å². The normalized spacial score (nSPS) is 16.0. The molecule has 3 aromatic rings. The van der Waals surface area contributed by atoms with E-state index in [2.05, 4.69) is 13.0 Å². The first kappa shape index (κ1) is 21.8. The average molecular weight is 467 g/mol. The molecule has 1 N–H and O–H groups in total. The number of ether oxygens (including phenoxy) is 1. The van der Waals surface area contributed by atoms with Crippen molar-refractivity contribution < 1.29 is 47.3 Å². The van der Waals surface area contributed by atoms with E-state index in [1.165, 1.54) is 5.56 Å². The Morgan fingerprint density at radius 2 is 1.93 bits per heavy atom. The van der Waals surface area contributed by atoms with Crippen LogP contribution in [0.1, 0.15) is 49.1 Å². The number of carbonyl (C=O) groups excluding carboxylic acids is 1. The second kappa shape index (κ2) is 8.46. The SMILES string of the molecule is CC.CCc1c2c(nc3ccccc13)-c1cc3c(c(=O)n1C2)COC(=O)C3O.[Y]. The van der Waals surface area contributed by atoms with Gasteiger partial charge in [0, 0.05) is 49.2 Å². The van der Waals surface area contributed by atoms with E-state index in [-0.39, 0.29) is 44.9 Å². The summed E-state index contributed by atoms with van der Waals surface area (Å²) in [6.07, 6.45) is -0.592. The first-order chi connectivity index (χ1) is 13.6. The van der Waals surface area contributed by atoms with Crippen LogP contribution in [0.25, 0.3) is 22.3 Å². The van der Waals surface area contributed by atoms with Gasteiger partial charge in [-0.2, -0.15) is 0 Å². The minimum absolute atomic E-state index is 0. The topological polar surface area (TPSA) is 81.4 Å². The number of benzene rings is 1. The first-order valence-corrected chi connectivity index (χ1v) is 9.62. The Bertz CT molecular complexity index is 1170. The predicted molar refractivity (Wildman–Crippen MR) is 106 cm³/mol. The number of aromatic nitrogens is 2. The van der Waals surface area contributed by atoms with Crippen LogP contribution in [0.3, 0.4) is 0 Å². The first-order valence-electron chi connectivity index (χ1n) is 9.62. The van der Waals surface area contributed by atoms with E-state index in [1.807, 2.05) is 32.0 Å². The summed E-state index contributed by atoms with van der Waals surface area (Å²) >= 11 is 0. The molecule has 0 saturated carbocycles. The fraction of sp³-hybridized carbons (Fsp3) is 0.318. The van der Waals surface area contributed by atoms with Crippen molar-refractivity contribution in [3.8, 4) is 11.4 Å². The summed E-state index contributed by atoms with van der Waals surface area (Å²) in [6, 6.07) is 9.65. The summed E-state index contributed by atoms with van der Waals surface area (Å²) < 4.78 is 6.59. The van der Waals surface area contributed by atoms with Crippen molar-refractivity contribution in [3.05, 3.63) is 62.9 Å². The number of hydrogen-bond donors (Lipinski definition) is 1. The summed E-state index contributed by atoms with van der Waals surface area (Å²) in [7, 11) is 0. The maximum atomic E-state index is 13.0. The molecule has 147 valence electrons. The molecule has 1 unspecified atom stereocenters. The Kier molecular flexibility index (Phi) is 6.37. The van der Waals surface area contributed by atoms with Gasteiger partial charge in [-0.05, 0) is 24.1 Å². The maximum absolute atomic E-state index is 13.0. The van der Waals surface area contributed by atoms with Gasteiger partial charge in [-0.15, -0.1) is 0 Å². The van der Waals surface area contributed by atoms with E-state index in [0.29, 0.717) is 23.4 Å². The molecule has 2 aliphatic heterocycles. The quantitative estimate of drug-likeness (QED) is 0.436. The van der Waals surface area contributed by atoms with Crippen molar-refractivity contribution in [1.29, 1.82) is 0 Å². The molecule has 2 aromatic heterocycles. The zero-order valence-corrected chi connectivity index (χ0v) is 19.6. The second-order valence-electron chi connectivity index (χ2n) is 6.65. The van der Waals surface area contributed by atoms with Crippen LogP contribution < -0.4 is 5.56 Å². The number of fused-ring (bicyclic) bond motifs is 5. The van der Waals surface area contributed by atoms with Crippen molar-refractivity contribution in [2.75, 3.05) is 0 Å². The molecular formula is C22H22N2O4Y. The van der Waals surface area contributed by atoms with Crippen molar-refractivity contribution in [3.63, 3.8) is 0 Å². The molecule has 0 saturated heterocycles. The van der Waals surface area contributed by atoms with Crippen LogP contribution in [-0.2, 0) is 61.8 Å². The minimum atomic E-state index is -1.42. The molecule has 0 bridgehead atoms. The Hall–Kier alpha value is -1.89. The molecule has 5 rings (SSSR count). The zero-order chi connectivity index (χ0) is 20.0. The molecule has 1 aromatic carbocycles. The Morgan fingerprint density at radius 1 is 1.21 bits per heavy atom.